The summed E-state index contributed by atoms with van der Waals surface area (Å²) in [5.41, 5.74) is 1.87. The van der Waals surface area contributed by atoms with E-state index in [2.05, 4.69) is 51.3 Å². The molecule has 1 saturated heterocycles. The number of halogens is 1. The lowest BCUT2D eigenvalue weighted by molar-refractivity contribution is -0.124. The third-order valence-corrected chi connectivity index (χ3v) is 7.06. The van der Waals surface area contributed by atoms with Crippen LogP contribution in [0.2, 0.25) is 0 Å². The van der Waals surface area contributed by atoms with Gasteiger partial charge >= 0.3 is 0 Å². The third-order valence-electron chi connectivity index (χ3n) is 5.56. The van der Waals surface area contributed by atoms with Crippen molar-refractivity contribution in [2.75, 3.05) is 25.5 Å². The fourth-order valence-corrected chi connectivity index (χ4v) is 4.85. The zero-order chi connectivity index (χ0) is 21.5. The van der Waals surface area contributed by atoms with Gasteiger partial charge in [-0.05, 0) is 55.5 Å². The summed E-state index contributed by atoms with van der Waals surface area (Å²) in [5, 5.41) is 9.82. The van der Waals surface area contributed by atoms with Gasteiger partial charge in [0.15, 0.2) is 5.96 Å². The Balaban J connectivity index is 0.00000289. The maximum Gasteiger partial charge on any atom is 0.253 e. The second-order valence-electron chi connectivity index (χ2n) is 8.07. The smallest absolute Gasteiger partial charge is 0.253 e. The minimum atomic E-state index is -0.326. The van der Waals surface area contributed by atoms with Crippen molar-refractivity contribution >= 4 is 53.3 Å². The number of benzene rings is 2. The molecule has 1 unspecified atom stereocenters. The van der Waals surface area contributed by atoms with Gasteiger partial charge in [0.25, 0.3) is 5.91 Å². The van der Waals surface area contributed by atoms with Gasteiger partial charge in [-0.25, -0.2) is 0 Å². The second-order valence-corrected chi connectivity index (χ2v) is 9.61. The normalized spacial score (nSPS) is 19.0. The quantitative estimate of drug-likeness (QED) is 0.251. The third kappa shape index (κ3) is 7.11. The highest BCUT2D eigenvalue weighted by Gasteiger charge is 2.43. The van der Waals surface area contributed by atoms with Crippen LogP contribution >= 0.6 is 35.7 Å². The van der Waals surface area contributed by atoms with Gasteiger partial charge in [-0.2, -0.15) is 0 Å². The number of nitrogens with zero attached hydrogens (tertiary/aromatic N) is 1. The Labute approximate surface area is 211 Å². The predicted molar refractivity (Wildman–Crippen MR) is 142 cm³/mol. The van der Waals surface area contributed by atoms with Crippen LogP contribution in [-0.2, 0) is 16.1 Å². The van der Waals surface area contributed by atoms with Crippen LogP contribution in [0.1, 0.15) is 31.2 Å². The second kappa shape index (κ2) is 11.9. The number of hydrogen-bond donors (Lipinski definition) is 3. The fraction of sp³-hybridized carbons (Fsp3) is 0.417. The first kappa shape index (κ1) is 24.9. The maximum atomic E-state index is 12.3. The molecule has 8 heteroatoms. The molecule has 1 aliphatic heterocycles. The number of rotatable bonds is 8. The zero-order valence-electron chi connectivity index (χ0n) is 18.3. The van der Waals surface area contributed by atoms with Crippen LogP contribution in [0.4, 0.5) is 5.69 Å². The average molecular weight is 567 g/mol. The van der Waals surface area contributed by atoms with Crippen LogP contribution in [0.25, 0.3) is 0 Å². The molecule has 1 saturated carbocycles. The lowest BCUT2D eigenvalue weighted by atomic mass is 10.2. The maximum absolute atomic E-state index is 12.3. The van der Waals surface area contributed by atoms with E-state index in [9.17, 15) is 4.79 Å². The van der Waals surface area contributed by atoms with Gasteiger partial charge in [-0.3, -0.25) is 9.79 Å². The molecule has 1 aliphatic carbocycles. The van der Waals surface area contributed by atoms with Gasteiger partial charge in [0, 0.05) is 42.1 Å². The van der Waals surface area contributed by atoms with Crippen LogP contribution in [0.5, 0.6) is 0 Å². The van der Waals surface area contributed by atoms with Crippen molar-refractivity contribution < 1.29 is 9.53 Å². The van der Waals surface area contributed by atoms with Gasteiger partial charge in [0.2, 0.25) is 0 Å². The molecule has 0 radical (unpaired) electrons. The molecule has 1 amide bonds. The van der Waals surface area contributed by atoms with E-state index in [4.69, 9.17) is 4.74 Å². The molecule has 0 bridgehead atoms. The molecule has 3 N–H and O–H groups in total. The number of ether oxygens (including phenoxy) is 1. The highest BCUT2D eigenvalue weighted by atomic mass is 127. The number of amides is 1. The number of carbonyl (C=O) groups is 1. The number of carbonyl (C=O) groups excluding carboxylic acids is 1. The van der Waals surface area contributed by atoms with Crippen molar-refractivity contribution in [2.24, 2.45) is 4.99 Å². The van der Waals surface area contributed by atoms with Crippen LogP contribution in [-0.4, -0.2) is 42.9 Å². The number of hydrogen-bond acceptors (Lipinski definition) is 4. The molecule has 1 heterocycles. The van der Waals surface area contributed by atoms with Crippen molar-refractivity contribution in [1.29, 1.82) is 0 Å². The fourth-order valence-electron chi connectivity index (χ4n) is 3.61. The Kier molecular flexibility index (Phi) is 9.24. The summed E-state index contributed by atoms with van der Waals surface area (Å²) in [5.74, 6) is 0.722. The Morgan fingerprint density at radius 3 is 2.66 bits per heavy atom. The van der Waals surface area contributed by atoms with Crippen molar-refractivity contribution in [3.05, 3.63) is 60.2 Å². The summed E-state index contributed by atoms with van der Waals surface area (Å²) < 4.78 is 5.71. The van der Waals surface area contributed by atoms with Crippen molar-refractivity contribution in [3.63, 3.8) is 0 Å². The van der Waals surface area contributed by atoms with E-state index in [1.165, 1.54) is 17.7 Å². The molecule has 0 spiro atoms. The molecule has 4 rings (SSSR count). The highest BCUT2D eigenvalue weighted by molar-refractivity contribution is 14.0. The number of nitrogens with one attached hydrogen (secondary N) is 3. The first-order valence-electron chi connectivity index (χ1n) is 10.9. The van der Waals surface area contributed by atoms with E-state index >= 15 is 0 Å². The molecule has 6 nitrogen and oxygen atoms in total. The molecule has 0 aromatic heterocycles. The molecule has 2 aliphatic rings. The minimum Gasteiger partial charge on any atom is -0.368 e. The average Bonchev–Trinajstić information content (AvgIpc) is 3.32. The van der Waals surface area contributed by atoms with E-state index in [1.807, 2.05) is 36.0 Å². The van der Waals surface area contributed by atoms with Crippen LogP contribution in [0.3, 0.4) is 0 Å². The van der Waals surface area contributed by atoms with Crippen molar-refractivity contribution in [3.8, 4) is 0 Å². The lowest BCUT2D eigenvalue weighted by Crippen LogP contribution is -2.40. The summed E-state index contributed by atoms with van der Waals surface area (Å²) in [6.07, 6.45) is 3.83. The highest BCUT2D eigenvalue weighted by Crippen LogP contribution is 2.51. The van der Waals surface area contributed by atoms with Gasteiger partial charge < -0.3 is 20.7 Å². The molecule has 2 fully saturated rings. The van der Waals surface area contributed by atoms with Gasteiger partial charge in [-0.15, -0.1) is 35.7 Å². The number of thioether (sulfide) groups is 1. The first-order valence-corrected chi connectivity index (χ1v) is 11.7. The Morgan fingerprint density at radius 1 is 1.16 bits per heavy atom. The zero-order valence-corrected chi connectivity index (χ0v) is 21.5. The van der Waals surface area contributed by atoms with E-state index in [0.717, 1.165) is 36.6 Å². The Hall–Kier alpha value is -1.78. The molecule has 172 valence electrons. The summed E-state index contributed by atoms with van der Waals surface area (Å²) >= 11 is 1.95. The lowest BCUT2D eigenvalue weighted by Gasteiger charge is -2.18. The molecule has 2 aromatic rings. The summed E-state index contributed by atoms with van der Waals surface area (Å²) in [6.45, 7) is 2.17. The van der Waals surface area contributed by atoms with Gasteiger partial charge in [0.05, 0.1) is 0 Å². The molecule has 1 atom stereocenters. The summed E-state index contributed by atoms with van der Waals surface area (Å²) in [4.78, 5) is 17.9. The molecule has 32 heavy (non-hydrogen) atoms. The van der Waals surface area contributed by atoms with E-state index in [0.29, 0.717) is 13.2 Å². The molecular formula is C24H31IN4O2S. The Bertz CT molecular complexity index is 915. The van der Waals surface area contributed by atoms with E-state index in [1.54, 1.807) is 7.05 Å². The first-order chi connectivity index (χ1) is 15.2. The summed E-state index contributed by atoms with van der Waals surface area (Å²) in [7, 11) is 1.79. The predicted octanol–water partition coefficient (Wildman–Crippen LogP) is 4.41. The minimum absolute atomic E-state index is 0. The van der Waals surface area contributed by atoms with Crippen LogP contribution < -0.4 is 16.0 Å². The molecular weight excluding hydrogens is 535 g/mol. The van der Waals surface area contributed by atoms with Crippen molar-refractivity contribution in [1.82, 2.24) is 10.6 Å². The SMILES string of the molecule is CN=C(NCc1cccc(NC(=O)C2CCCO2)c1)NCC1(Sc2ccccc2)CC1.I. The number of anilines is 1. The van der Waals surface area contributed by atoms with Crippen LogP contribution in [0.15, 0.2) is 64.5 Å². The topological polar surface area (TPSA) is 74.8 Å². The van der Waals surface area contributed by atoms with Gasteiger partial charge in [-0.1, -0.05) is 30.3 Å². The van der Waals surface area contributed by atoms with Crippen molar-refractivity contribution in [2.45, 2.75) is 48.0 Å². The monoisotopic (exact) mass is 566 g/mol. The standard InChI is InChI=1S/C24H30N4O2S.HI/c1-25-23(27-17-24(12-13-24)31-20-9-3-2-4-10-20)26-16-18-7-5-8-19(15-18)28-22(29)21-11-6-14-30-21;/h2-5,7-10,15,21H,6,11-14,16-17H2,1H3,(H,28,29)(H2,25,26,27);1H. The molecule has 2 aromatic carbocycles. The number of guanidine groups is 1. The van der Waals surface area contributed by atoms with Gasteiger partial charge in [0.1, 0.15) is 6.10 Å². The Morgan fingerprint density at radius 2 is 1.97 bits per heavy atom. The van der Waals surface area contributed by atoms with E-state index < -0.39 is 0 Å². The number of aliphatic imine (C=N–C) groups is 1. The largest absolute Gasteiger partial charge is 0.368 e. The van der Waals surface area contributed by atoms with Crippen LogP contribution in [0, 0.1) is 0 Å². The van der Waals surface area contributed by atoms with E-state index in [-0.39, 0.29) is 40.7 Å². The summed E-state index contributed by atoms with van der Waals surface area (Å²) in [6, 6.07) is 18.4.